The summed E-state index contributed by atoms with van der Waals surface area (Å²) in [6.07, 6.45) is 20.0. The van der Waals surface area contributed by atoms with Gasteiger partial charge in [0.1, 0.15) is 0 Å². The van der Waals surface area contributed by atoms with Crippen molar-refractivity contribution in [3.8, 4) is 0 Å². The molecule has 6 radical (unpaired) electrons. The van der Waals surface area contributed by atoms with Crippen molar-refractivity contribution >= 4 is 154 Å². The van der Waals surface area contributed by atoms with E-state index in [0.717, 1.165) is 92.5 Å². The Hall–Kier alpha value is 3.09. The lowest BCUT2D eigenvalue weighted by molar-refractivity contribution is 0.151. The highest BCUT2D eigenvalue weighted by molar-refractivity contribution is 6.89. The van der Waals surface area contributed by atoms with E-state index >= 15 is 0 Å². The molecule has 4 saturated heterocycles. The van der Waals surface area contributed by atoms with E-state index in [1.807, 2.05) is 0 Å². The van der Waals surface area contributed by atoms with Crippen LogP contribution < -0.4 is 0 Å². The topological polar surface area (TPSA) is 138 Å². The molecule has 83 heavy (non-hydrogen) atoms. The van der Waals surface area contributed by atoms with Crippen LogP contribution in [0.25, 0.3) is 0 Å². The zero-order valence-electron chi connectivity index (χ0n) is 56.1. The van der Waals surface area contributed by atoms with Gasteiger partial charge < -0.3 is 63.0 Å². The van der Waals surface area contributed by atoms with Gasteiger partial charge in [-0.25, -0.2) is 0 Å². The molecule has 4 aliphatic heterocycles. The maximum Gasteiger partial charge on any atom is 0.636 e. The van der Waals surface area contributed by atoms with Crippen LogP contribution in [0.5, 0.6) is 0 Å². The Labute approximate surface area is 537 Å². The Morgan fingerprint density at radius 3 is 1.46 bits per heavy atom. The van der Waals surface area contributed by atoms with E-state index in [0.29, 0.717) is 6.10 Å². The summed E-state index contributed by atoms with van der Waals surface area (Å²) in [4.78, 5) is 0. The monoisotopic (exact) mass is 1450 g/mol. The summed E-state index contributed by atoms with van der Waals surface area (Å²) in [7, 11) is -25.7. The van der Waals surface area contributed by atoms with Crippen LogP contribution in [0.4, 0.5) is 0 Å². The van der Waals surface area contributed by atoms with Crippen molar-refractivity contribution in [2.75, 3.05) is 0 Å². The summed E-state index contributed by atoms with van der Waals surface area (Å²) >= 11 is 0. The lowest BCUT2D eigenvalue weighted by atomic mass is 10.2. The molecule has 0 aliphatic carbocycles. The van der Waals surface area contributed by atoms with Crippen molar-refractivity contribution in [3.63, 3.8) is 0 Å². The highest BCUT2D eigenvalue weighted by Crippen LogP contribution is 2.34. The molecule has 0 aromatic rings. The average Bonchev–Trinajstić information content (AvgIpc) is 3.44. The molecule has 486 valence electrons. The molecule has 13 unspecified atom stereocenters. The molecule has 32 heteroatoms. The van der Waals surface area contributed by atoms with E-state index in [2.05, 4.69) is 119 Å². The van der Waals surface area contributed by atoms with Gasteiger partial charge >= 0.3 is 46.2 Å². The minimum Gasteiger partial charge on any atom is -0.460 e. The predicted octanol–water partition coefficient (Wildman–Crippen LogP) is 12.5. The van der Waals surface area contributed by atoms with Crippen LogP contribution in [-0.4, -0.2) is 178 Å². The smallest absolute Gasteiger partial charge is 0.460 e. The third-order valence-electron chi connectivity index (χ3n) is 15.8. The summed E-state index contributed by atoms with van der Waals surface area (Å²) in [5.74, 6) is 0. The van der Waals surface area contributed by atoms with Crippen molar-refractivity contribution < 1.29 is 63.0 Å². The van der Waals surface area contributed by atoms with Gasteiger partial charge in [-0.2, -0.15) is 0 Å². The van der Waals surface area contributed by atoms with E-state index in [9.17, 15) is 0 Å². The van der Waals surface area contributed by atoms with Gasteiger partial charge in [0.2, 0.25) is 27.8 Å². The molecule has 4 fully saturated rings. The summed E-state index contributed by atoms with van der Waals surface area (Å²) < 4.78 is 101. The predicted molar refractivity (Wildman–Crippen MR) is 382 cm³/mol. The van der Waals surface area contributed by atoms with Crippen molar-refractivity contribution in [3.05, 3.63) is 0 Å². The number of unbranched alkanes of at least 4 members (excludes halogenated alkanes) is 12. The Bertz CT molecular complexity index is 1500. The van der Waals surface area contributed by atoms with Gasteiger partial charge in [0.25, 0.3) is 18.6 Å². The molecule has 13 atom stereocenters. The fourth-order valence-corrected chi connectivity index (χ4v) is 65.7. The molecule has 0 aromatic heterocycles. The molecule has 0 saturated carbocycles. The Morgan fingerprint density at radius 1 is 0.410 bits per heavy atom. The van der Waals surface area contributed by atoms with E-state index in [-0.39, 0.29) is 28.1 Å². The SMILES string of the molecule is CC1C[SiH](C)O[SiH](C)C[Si](CCCCCC[Si](C)(C)O[Si](O[Si]CCCCCC[Si]2O[SiH](C)CC(C)O[SiH](C)O2)(O[Si](C)(C)CCCCCC[Si]2CC(C)O[SiH](C)O[SiH](C)O2)O[Si](C)(C)CCCCCC[Si]2OC(C)C[SiH](C)O[SiH](C)O2)O1. The Balaban J connectivity index is 1.43. The van der Waals surface area contributed by atoms with Crippen LogP contribution in [0.2, 0.25) is 170 Å². The van der Waals surface area contributed by atoms with Crippen LogP contribution in [0.3, 0.4) is 0 Å². The summed E-state index contributed by atoms with van der Waals surface area (Å²) in [6.45, 7) is 41.4. The number of hydrogen-bond acceptors (Lipinski definition) is 15. The lowest BCUT2D eigenvalue weighted by Crippen LogP contribution is -2.64. The zero-order valence-corrected chi connectivity index (χ0v) is 74.3. The Morgan fingerprint density at radius 2 is 0.867 bits per heavy atom. The first-order chi connectivity index (χ1) is 39.2. The van der Waals surface area contributed by atoms with Gasteiger partial charge in [0.15, 0.2) is 61.1 Å². The van der Waals surface area contributed by atoms with E-state index in [1.54, 1.807) is 0 Å². The molecular formula is C51H124O15Si17. The Kier molecular flexibility index (Phi) is 39.5. The van der Waals surface area contributed by atoms with Crippen molar-refractivity contribution in [2.45, 2.75) is 325 Å². The first-order valence-electron chi connectivity index (χ1n) is 33.4. The first-order valence-corrected chi connectivity index (χ1v) is 70.3. The first kappa shape index (κ1) is 78.5. The normalized spacial score (nSPS) is 30.6. The summed E-state index contributed by atoms with van der Waals surface area (Å²) in [6, 6.07) is 13.1. The van der Waals surface area contributed by atoms with Crippen molar-refractivity contribution in [1.82, 2.24) is 0 Å². The van der Waals surface area contributed by atoms with Gasteiger partial charge in [0, 0.05) is 24.4 Å². The fraction of sp³-hybridized carbons (Fsp3) is 1.00. The molecule has 0 bridgehead atoms. The molecule has 4 heterocycles. The van der Waals surface area contributed by atoms with Gasteiger partial charge in [0.05, 0.1) is 0 Å². The quantitative estimate of drug-likeness (QED) is 0.0434. The van der Waals surface area contributed by atoms with Gasteiger partial charge in [-0.05, 0) is 198 Å². The van der Waals surface area contributed by atoms with E-state index in [1.165, 1.54) is 88.4 Å². The van der Waals surface area contributed by atoms with Crippen LogP contribution in [0.15, 0.2) is 0 Å². The summed E-state index contributed by atoms with van der Waals surface area (Å²) in [5.41, 5.74) is 1.25. The van der Waals surface area contributed by atoms with Gasteiger partial charge in [-0.3, -0.25) is 0 Å². The molecule has 15 nitrogen and oxygen atoms in total. The van der Waals surface area contributed by atoms with Crippen LogP contribution in [0.1, 0.15) is 130 Å². The van der Waals surface area contributed by atoms with Crippen LogP contribution in [0, 0.1) is 0 Å². The average molecular weight is 1450 g/mol. The standard InChI is InChI=1S/C51H124O15Si17/c1-48-43-70(7)59-79(62-73(10)52-48)39-31-20-19-27-35-67-56-83(64-80(13,14)40-32-24-21-28-36-76-46-51(4)53-72(9)60-75(12)61-76,65-81(15,16)41-33-25-22-29-37-77-47-71(8)57-68(5)44-49(2)54-77)66-82(17,18)42-34-26-23-30-38-78-55-50(3)45-69(6)58-74(11)63-78/h48-51,68-75H,19-47H2,1-18H3. The van der Waals surface area contributed by atoms with Gasteiger partial charge in [-0.1, -0.05) is 103 Å². The third kappa shape index (κ3) is 36.4. The molecule has 4 aliphatic rings. The zero-order chi connectivity index (χ0) is 61.1. The minimum atomic E-state index is -3.62. The van der Waals surface area contributed by atoms with Crippen LogP contribution >= 0.6 is 0 Å². The second kappa shape index (κ2) is 41.7. The molecule has 0 aromatic carbocycles. The highest BCUT2D eigenvalue weighted by Gasteiger charge is 2.55. The lowest BCUT2D eigenvalue weighted by Gasteiger charge is -2.43. The largest absolute Gasteiger partial charge is 0.636 e. The second-order valence-electron chi connectivity index (χ2n) is 27.1. The number of hydrogen-bond donors (Lipinski definition) is 0. The van der Waals surface area contributed by atoms with Crippen molar-refractivity contribution in [1.29, 1.82) is 0 Å². The maximum atomic E-state index is 7.71. The second-order valence-corrected chi connectivity index (χ2v) is 72.4. The van der Waals surface area contributed by atoms with E-state index < -0.39 is 144 Å². The molecule has 4 rings (SSSR count). The van der Waals surface area contributed by atoms with Gasteiger partial charge in [-0.15, -0.1) is 0 Å². The minimum absolute atomic E-state index is 0.243. The van der Waals surface area contributed by atoms with Crippen LogP contribution in [-0.2, 0) is 63.0 Å². The summed E-state index contributed by atoms with van der Waals surface area (Å²) in [5, 5.41) is 0. The highest BCUT2D eigenvalue weighted by atomic mass is 28.5. The van der Waals surface area contributed by atoms with E-state index in [4.69, 9.17) is 63.0 Å². The number of rotatable bonds is 36. The third-order valence-corrected chi connectivity index (χ3v) is 68.1. The fourth-order valence-electron chi connectivity index (χ4n) is 12.1. The molecule has 0 amide bonds. The molecular weight excluding hydrogens is 1330 g/mol. The molecule has 0 spiro atoms. The maximum absolute atomic E-state index is 7.71. The molecule has 0 N–H and O–H groups in total. The van der Waals surface area contributed by atoms with Crippen molar-refractivity contribution in [2.24, 2.45) is 0 Å².